The van der Waals surface area contributed by atoms with Gasteiger partial charge in [-0.1, -0.05) is 72.3 Å². The smallest absolute Gasteiger partial charge is 0.238 e. The minimum Gasteiger partial charge on any atom is -0.396 e. The summed E-state index contributed by atoms with van der Waals surface area (Å²) >= 11 is 6.08. The first-order valence-electron chi connectivity index (χ1n) is 9.64. The Hall–Kier alpha value is -2.99. The fraction of sp³-hybridized carbons (Fsp3) is 0.167. The number of amides is 1. The molecule has 5 nitrogen and oxygen atoms in total. The standard InChI is InChI=1S/C24H23ClN2O3/c25-20-11-12-22(21(13-20)24(30)18-9-5-2-6-10-18)27-23(29)15-26-14-19(16-28)17-7-3-1-4-8-17/h1-13,19,26,28H,14-16H2,(H,27,29)/t19-/m1/s1. The normalized spacial score (nSPS) is 11.7. The number of hydrogen-bond donors (Lipinski definition) is 3. The van der Waals surface area contributed by atoms with Crippen molar-refractivity contribution < 1.29 is 14.7 Å². The number of ketones is 1. The first-order valence-corrected chi connectivity index (χ1v) is 10.0. The highest BCUT2D eigenvalue weighted by Crippen LogP contribution is 2.23. The number of rotatable bonds is 9. The van der Waals surface area contributed by atoms with E-state index in [2.05, 4.69) is 10.6 Å². The van der Waals surface area contributed by atoms with E-state index in [1.807, 2.05) is 36.4 Å². The van der Waals surface area contributed by atoms with E-state index < -0.39 is 0 Å². The summed E-state index contributed by atoms with van der Waals surface area (Å²) in [5.41, 5.74) is 2.25. The molecule has 0 aliphatic carbocycles. The maximum Gasteiger partial charge on any atom is 0.238 e. The average molecular weight is 423 g/mol. The number of halogens is 1. The van der Waals surface area contributed by atoms with Gasteiger partial charge in [0.15, 0.2) is 5.78 Å². The molecule has 154 valence electrons. The van der Waals surface area contributed by atoms with Crippen molar-refractivity contribution in [1.82, 2.24) is 5.32 Å². The van der Waals surface area contributed by atoms with E-state index in [1.54, 1.807) is 42.5 Å². The summed E-state index contributed by atoms with van der Waals surface area (Å²) in [4.78, 5) is 25.3. The molecule has 0 heterocycles. The lowest BCUT2D eigenvalue weighted by molar-refractivity contribution is -0.115. The summed E-state index contributed by atoms with van der Waals surface area (Å²) in [6, 6.07) is 23.3. The molecule has 0 spiro atoms. The van der Waals surface area contributed by atoms with Crippen LogP contribution < -0.4 is 10.6 Å². The van der Waals surface area contributed by atoms with Crippen molar-refractivity contribution in [2.75, 3.05) is 25.0 Å². The van der Waals surface area contributed by atoms with E-state index in [4.69, 9.17) is 11.6 Å². The second kappa shape index (κ2) is 10.7. The summed E-state index contributed by atoms with van der Waals surface area (Å²) in [5.74, 6) is -0.611. The molecule has 0 aliphatic heterocycles. The fourth-order valence-electron chi connectivity index (χ4n) is 3.13. The maximum atomic E-state index is 12.8. The van der Waals surface area contributed by atoms with Gasteiger partial charge in [0, 0.05) is 28.6 Å². The number of anilines is 1. The zero-order valence-electron chi connectivity index (χ0n) is 16.3. The van der Waals surface area contributed by atoms with Crippen molar-refractivity contribution in [3.8, 4) is 0 Å². The number of carbonyl (C=O) groups is 2. The van der Waals surface area contributed by atoms with Crippen LogP contribution in [0.2, 0.25) is 5.02 Å². The Morgan fingerprint density at radius 3 is 2.27 bits per heavy atom. The van der Waals surface area contributed by atoms with Gasteiger partial charge in [0.05, 0.1) is 18.8 Å². The van der Waals surface area contributed by atoms with Crippen molar-refractivity contribution in [2.45, 2.75) is 5.92 Å². The quantitative estimate of drug-likeness (QED) is 0.457. The minimum absolute atomic E-state index is 0.0223. The Kier molecular flexibility index (Phi) is 7.74. The first kappa shape index (κ1) is 21.7. The van der Waals surface area contributed by atoms with E-state index in [9.17, 15) is 14.7 Å². The molecule has 3 N–H and O–H groups in total. The third-order valence-corrected chi connectivity index (χ3v) is 4.94. The van der Waals surface area contributed by atoms with Crippen LogP contribution in [0.3, 0.4) is 0 Å². The lowest BCUT2D eigenvalue weighted by Gasteiger charge is -2.16. The van der Waals surface area contributed by atoms with Gasteiger partial charge in [0.2, 0.25) is 5.91 Å². The van der Waals surface area contributed by atoms with Crippen molar-refractivity contribution in [2.24, 2.45) is 0 Å². The van der Waals surface area contributed by atoms with Crippen molar-refractivity contribution in [1.29, 1.82) is 0 Å². The molecule has 0 aliphatic rings. The number of nitrogens with one attached hydrogen (secondary N) is 2. The van der Waals surface area contributed by atoms with Crippen LogP contribution in [0.1, 0.15) is 27.4 Å². The van der Waals surface area contributed by atoms with Gasteiger partial charge in [0.25, 0.3) is 0 Å². The predicted molar refractivity (Wildman–Crippen MR) is 119 cm³/mol. The summed E-state index contributed by atoms with van der Waals surface area (Å²) in [6.45, 7) is 0.473. The molecule has 1 atom stereocenters. The van der Waals surface area contributed by atoms with Crippen LogP contribution in [0.25, 0.3) is 0 Å². The molecule has 0 saturated heterocycles. The van der Waals surface area contributed by atoms with Crippen LogP contribution in [0.15, 0.2) is 78.9 Å². The number of aliphatic hydroxyl groups is 1. The molecule has 0 unspecified atom stereocenters. The molecule has 0 aromatic heterocycles. The number of carbonyl (C=O) groups excluding carboxylic acids is 2. The van der Waals surface area contributed by atoms with E-state index in [-0.39, 0.29) is 30.8 Å². The third kappa shape index (κ3) is 5.76. The summed E-state index contributed by atoms with van der Waals surface area (Å²) in [6.07, 6.45) is 0. The van der Waals surface area contributed by atoms with Gasteiger partial charge in [0.1, 0.15) is 0 Å². The van der Waals surface area contributed by atoms with Gasteiger partial charge in [-0.05, 0) is 23.8 Å². The minimum atomic E-state index is -0.288. The molecular weight excluding hydrogens is 400 g/mol. The predicted octanol–water partition coefficient (Wildman–Crippen LogP) is 3.88. The fourth-order valence-corrected chi connectivity index (χ4v) is 3.30. The molecule has 3 aromatic rings. The highest BCUT2D eigenvalue weighted by molar-refractivity contribution is 6.31. The van der Waals surface area contributed by atoms with Gasteiger partial charge in [-0.25, -0.2) is 0 Å². The largest absolute Gasteiger partial charge is 0.396 e. The molecule has 0 saturated carbocycles. The summed E-state index contributed by atoms with van der Waals surface area (Å²) in [7, 11) is 0. The Bertz CT molecular complexity index is 994. The Morgan fingerprint density at radius 2 is 1.60 bits per heavy atom. The molecule has 0 fully saturated rings. The Morgan fingerprint density at radius 1 is 0.933 bits per heavy atom. The van der Waals surface area contributed by atoms with Crippen LogP contribution in [0.5, 0.6) is 0 Å². The van der Waals surface area contributed by atoms with Crippen LogP contribution in [-0.2, 0) is 4.79 Å². The molecular formula is C24H23ClN2O3. The van der Waals surface area contributed by atoms with Gasteiger partial charge < -0.3 is 15.7 Å². The van der Waals surface area contributed by atoms with Crippen LogP contribution in [0, 0.1) is 0 Å². The SMILES string of the molecule is O=C(CNC[C@H](CO)c1ccccc1)Nc1ccc(Cl)cc1C(=O)c1ccccc1. The van der Waals surface area contributed by atoms with Gasteiger partial charge in [-0.3, -0.25) is 9.59 Å². The Labute approximate surface area is 180 Å². The summed E-state index contributed by atoms with van der Waals surface area (Å²) in [5, 5.41) is 15.9. The van der Waals surface area contributed by atoms with Gasteiger partial charge in [-0.2, -0.15) is 0 Å². The first-order chi connectivity index (χ1) is 14.6. The van der Waals surface area contributed by atoms with E-state index in [0.29, 0.717) is 28.4 Å². The Balaban J connectivity index is 1.63. The topological polar surface area (TPSA) is 78.4 Å². The molecule has 1 amide bonds. The second-order valence-electron chi connectivity index (χ2n) is 6.85. The molecule has 0 bridgehead atoms. The van der Waals surface area contributed by atoms with Gasteiger partial charge in [-0.15, -0.1) is 0 Å². The monoisotopic (exact) mass is 422 g/mol. The van der Waals surface area contributed by atoms with Crippen molar-refractivity contribution in [3.05, 3.63) is 101 Å². The van der Waals surface area contributed by atoms with Crippen molar-refractivity contribution >= 4 is 29.0 Å². The molecule has 0 radical (unpaired) electrons. The second-order valence-corrected chi connectivity index (χ2v) is 7.29. The lowest BCUT2D eigenvalue weighted by atomic mass is 10.0. The van der Waals surface area contributed by atoms with Crippen LogP contribution in [-0.4, -0.2) is 36.5 Å². The zero-order valence-corrected chi connectivity index (χ0v) is 17.1. The van der Waals surface area contributed by atoms with E-state index in [0.717, 1.165) is 5.56 Å². The molecule has 3 aromatic carbocycles. The average Bonchev–Trinajstić information content (AvgIpc) is 2.78. The third-order valence-electron chi connectivity index (χ3n) is 4.70. The highest BCUT2D eigenvalue weighted by Gasteiger charge is 2.16. The van der Waals surface area contributed by atoms with Crippen molar-refractivity contribution in [3.63, 3.8) is 0 Å². The maximum absolute atomic E-state index is 12.8. The van der Waals surface area contributed by atoms with Crippen LogP contribution in [0.4, 0.5) is 5.69 Å². The van der Waals surface area contributed by atoms with E-state index >= 15 is 0 Å². The lowest BCUT2D eigenvalue weighted by Crippen LogP contribution is -2.32. The van der Waals surface area contributed by atoms with Crippen LogP contribution >= 0.6 is 11.6 Å². The highest BCUT2D eigenvalue weighted by atomic mass is 35.5. The molecule has 30 heavy (non-hydrogen) atoms. The molecule has 3 rings (SSSR count). The number of hydrogen-bond acceptors (Lipinski definition) is 4. The molecule has 6 heteroatoms. The van der Waals surface area contributed by atoms with Gasteiger partial charge >= 0.3 is 0 Å². The number of benzene rings is 3. The number of aliphatic hydroxyl groups excluding tert-OH is 1. The van der Waals surface area contributed by atoms with E-state index in [1.165, 1.54) is 0 Å². The zero-order chi connectivity index (χ0) is 21.3. The summed E-state index contributed by atoms with van der Waals surface area (Å²) < 4.78 is 0.